The fourth-order valence-corrected chi connectivity index (χ4v) is 5.51. The van der Waals surface area contributed by atoms with Gasteiger partial charge in [-0.15, -0.1) is 5.10 Å². The van der Waals surface area contributed by atoms with Crippen LogP contribution in [0.3, 0.4) is 0 Å². The number of hydrogen-bond donors (Lipinski definition) is 0. The number of fused-ring (bicyclic) bond motifs is 4. The van der Waals surface area contributed by atoms with Crippen LogP contribution >= 0.6 is 0 Å². The van der Waals surface area contributed by atoms with Crippen molar-refractivity contribution in [3.63, 3.8) is 0 Å². The Bertz CT molecular complexity index is 2200. The van der Waals surface area contributed by atoms with E-state index in [4.69, 9.17) is 20.1 Å². The molecule has 4 aromatic heterocycles. The maximum absolute atomic E-state index is 5.00. The molecule has 192 valence electrons. The number of hydrogen-bond acceptors (Lipinski definition) is 4. The Morgan fingerprint density at radius 3 is 2.12 bits per heavy atom. The minimum Gasteiger partial charge on any atom is -0.254 e. The van der Waals surface area contributed by atoms with Gasteiger partial charge in [-0.2, -0.15) is 0 Å². The van der Waals surface area contributed by atoms with Crippen LogP contribution in [-0.4, -0.2) is 24.6 Å². The highest BCUT2D eigenvalue weighted by atomic mass is 15.3. The summed E-state index contributed by atoms with van der Waals surface area (Å²) in [7, 11) is 0. The number of benzene rings is 4. The first-order chi connectivity index (χ1) is 20.3. The number of para-hydroxylation sites is 1. The standard InChI is InChI=1S/C36H23N5/c1-2-10-24(11-3-1)28-17-9-21-41-36(28)39-35(40-41)26-13-8-12-25(22-26)27-19-20-33(37-23-27)34-31-16-5-4-14-29(31)30-15-6-7-18-32(30)38-34/h1-23H. The van der Waals surface area contributed by atoms with Crippen LogP contribution < -0.4 is 0 Å². The molecule has 5 nitrogen and oxygen atoms in total. The van der Waals surface area contributed by atoms with Crippen molar-refractivity contribution >= 4 is 27.3 Å². The number of aromatic nitrogens is 5. The molecular formula is C36H23N5. The molecule has 4 heterocycles. The molecule has 0 unspecified atom stereocenters. The van der Waals surface area contributed by atoms with Crippen molar-refractivity contribution in [2.45, 2.75) is 0 Å². The van der Waals surface area contributed by atoms with E-state index >= 15 is 0 Å². The molecule has 0 saturated heterocycles. The monoisotopic (exact) mass is 525 g/mol. The predicted octanol–water partition coefficient (Wildman–Crippen LogP) is 8.49. The summed E-state index contributed by atoms with van der Waals surface area (Å²) in [5.74, 6) is 0.687. The zero-order valence-electron chi connectivity index (χ0n) is 22.0. The van der Waals surface area contributed by atoms with Gasteiger partial charge in [-0.1, -0.05) is 97.1 Å². The number of nitrogens with zero attached hydrogens (tertiary/aromatic N) is 5. The topological polar surface area (TPSA) is 56.0 Å². The highest BCUT2D eigenvalue weighted by Crippen LogP contribution is 2.33. The van der Waals surface area contributed by atoms with Gasteiger partial charge in [0.15, 0.2) is 11.5 Å². The molecule has 0 radical (unpaired) electrons. The van der Waals surface area contributed by atoms with Gasteiger partial charge in [-0.05, 0) is 46.8 Å². The molecule has 0 amide bonds. The van der Waals surface area contributed by atoms with E-state index in [0.29, 0.717) is 5.82 Å². The van der Waals surface area contributed by atoms with Crippen LogP contribution in [0.5, 0.6) is 0 Å². The van der Waals surface area contributed by atoms with E-state index in [-0.39, 0.29) is 0 Å². The van der Waals surface area contributed by atoms with Gasteiger partial charge >= 0.3 is 0 Å². The van der Waals surface area contributed by atoms with Crippen LogP contribution in [0.1, 0.15) is 0 Å². The van der Waals surface area contributed by atoms with Crippen molar-refractivity contribution < 1.29 is 0 Å². The van der Waals surface area contributed by atoms with Crippen molar-refractivity contribution in [2.75, 3.05) is 0 Å². The van der Waals surface area contributed by atoms with Gasteiger partial charge < -0.3 is 0 Å². The second kappa shape index (κ2) is 9.50. The quantitative estimate of drug-likeness (QED) is 0.216. The summed E-state index contributed by atoms with van der Waals surface area (Å²) >= 11 is 0. The summed E-state index contributed by atoms with van der Waals surface area (Å²) in [6.07, 6.45) is 3.86. The van der Waals surface area contributed by atoms with Crippen molar-refractivity contribution in [3.05, 3.63) is 140 Å². The highest BCUT2D eigenvalue weighted by molar-refractivity contribution is 6.10. The number of pyridine rings is 3. The van der Waals surface area contributed by atoms with Crippen molar-refractivity contribution in [1.82, 2.24) is 24.6 Å². The van der Waals surface area contributed by atoms with E-state index in [1.807, 2.05) is 59.4 Å². The Labute approximate surface area is 236 Å². The van der Waals surface area contributed by atoms with Crippen LogP contribution in [0.2, 0.25) is 0 Å². The van der Waals surface area contributed by atoms with E-state index < -0.39 is 0 Å². The third-order valence-electron chi connectivity index (χ3n) is 7.52. The second-order valence-corrected chi connectivity index (χ2v) is 10.0. The SMILES string of the molecule is c1ccc(-c2cccn3nc(-c4cccc(-c5ccc(-c6nc7ccccc7c7ccccc67)nc5)c4)nc23)cc1. The minimum atomic E-state index is 0.687. The Balaban J connectivity index is 1.17. The second-order valence-electron chi connectivity index (χ2n) is 10.0. The van der Waals surface area contributed by atoms with E-state index in [2.05, 4.69) is 84.9 Å². The molecule has 0 saturated carbocycles. The molecule has 0 aliphatic rings. The van der Waals surface area contributed by atoms with Crippen molar-refractivity contribution in [3.8, 4) is 45.0 Å². The van der Waals surface area contributed by atoms with E-state index in [0.717, 1.165) is 61.1 Å². The van der Waals surface area contributed by atoms with Crippen LogP contribution in [0.25, 0.3) is 72.4 Å². The van der Waals surface area contributed by atoms with E-state index in [1.165, 1.54) is 5.39 Å². The largest absolute Gasteiger partial charge is 0.254 e. The number of rotatable bonds is 4. The van der Waals surface area contributed by atoms with E-state index in [1.54, 1.807) is 0 Å². The normalized spacial score (nSPS) is 11.4. The predicted molar refractivity (Wildman–Crippen MR) is 165 cm³/mol. The molecule has 0 fully saturated rings. The average molecular weight is 526 g/mol. The molecule has 0 spiro atoms. The molecule has 0 bridgehead atoms. The fourth-order valence-electron chi connectivity index (χ4n) is 5.51. The molecule has 0 aliphatic heterocycles. The first-order valence-corrected chi connectivity index (χ1v) is 13.6. The third-order valence-corrected chi connectivity index (χ3v) is 7.52. The highest BCUT2D eigenvalue weighted by Gasteiger charge is 2.14. The molecule has 0 N–H and O–H groups in total. The van der Waals surface area contributed by atoms with Gasteiger partial charge in [0.25, 0.3) is 0 Å². The Kier molecular flexibility index (Phi) is 5.38. The third kappa shape index (κ3) is 4.03. The first kappa shape index (κ1) is 23.2. The maximum atomic E-state index is 5.00. The summed E-state index contributed by atoms with van der Waals surface area (Å²) in [5, 5.41) is 8.22. The first-order valence-electron chi connectivity index (χ1n) is 13.6. The van der Waals surface area contributed by atoms with Crippen LogP contribution in [0.4, 0.5) is 0 Å². The summed E-state index contributed by atoms with van der Waals surface area (Å²) in [6.45, 7) is 0. The zero-order valence-corrected chi connectivity index (χ0v) is 22.0. The fraction of sp³-hybridized carbons (Fsp3) is 0. The zero-order chi connectivity index (χ0) is 27.2. The Morgan fingerprint density at radius 1 is 0.512 bits per heavy atom. The van der Waals surface area contributed by atoms with Gasteiger partial charge in [0.05, 0.1) is 16.9 Å². The molecular weight excluding hydrogens is 502 g/mol. The summed E-state index contributed by atoms with van der Waals surface area (Å²) in [5.41, 5.74) is 8.75. The van der Waals surface area contributed by atoms with Crippen LogP contribution in [-0.2, 0) is 0 Å². The lowest BCUT2D eigenvalue weighted by molar-refractivity contribution is 0.967. The molecule has 0 atom stereocenters. The molecule has 0 aliphatic carbocycles. The maximum Gasteiger partial charge on any atom is 0.182 e. The molecule has 4 aromatic carbocycles. The smallest absolute Gasteiger partial charge is 0.182 e. The summed E-state index contributed by atoms with van der Waals surface area (Å²) in [6, 6.07) is 43.5. The lowest BCUT2D eigenvalue weighted by Crippen LogP contribution is -1.92. The molecule has 5 heteroatoms. The van der Waals surface area contributed by atoms with Gasteiger partial charge in [0.1, 0.15) is 0 Å². The summed E-state index contributed by atoms with van der Waals surface area (Å²) < 4.78 is 1.85. The average Bonchev–Trinajstić information content (AvgIpc) is 3.50. The van der Waals surface area contributed by atoms with Gasteiger partial charge in [-0.3, -0.25) is 4.98 Å². The lowest BCUT2D eigenvalue weighted by atomic mass is 10.0. The Morgan fingerprint density at radius 2 is 1.27 bits per heavy atom. The van der Waals surface area contributed by atoms with Gasteiger partial charge in [0, 0.05) is 39.9 Å². The van der Waals surface area contributed by atoms with Crippen LogP contribution in [0, 0.1) is 0 Å². The molecule has 41 heavy (non-hydrogen) atoms. The van der Waals surface area contributed by atoms with Gasteiger partial charge in [-0.25, -0.2) is 14.5 Å². The van der Waals surface area contributed by atoms with Gasteiger partial charge in [0.2, 0.25) is 0 Å². The van der Waals surface area contributed by atoms with Crippen molar-refractivity contribution in [2.24, 2.45) is 0 Å². The summed E-state index contributed by atoms with van der Waals surface area (Å²) in [4.78, 5) is 14.8. The molecule has 8 rings (SSSR count). The van der Waals surface area contributed by atoms with E-state index in [9.17, 15) is 0 Å². The molecule has 8 aromatic rings. The minimum absolute atomic E-state index is 0.687. The lowest BCUT2D eigenvalue weighted by Gasteiger charge is -2.10. The van der Waals surface area contributed by atoms with Crippen LogP contribution in [0.15, 0.2) is 140 Å². The van der Waals surface area contributed by atoms with Crippen molar-refractivity contribution in [1.29, 1.82) is 0 Å². The Hall–Kier alpha value is -5.68.